The molecule has 1 aromatic rings. The van der Waals surface area contributed by atoms with Gasteiger partial charge in [-0.3, -0.25) is 0 Å². The van der Waals surface area contributed by atoms with Gasteiger partial charge in [0.05, 0.1) is 13.2 Å². The summed E-state index contributed by atoms with van der Waals surface area (Å²) in [5.74, 6) is 1.88. The number of benzene rings is 1. The summed E-state index contributed by atoms with van der Waals surface area (Å²) in [5, 5.41) is 21.4. The highest BCUT2D eigenvalue weighted by atomic mass is 16.7. The number of aliphatic hydroxyl groups excluding tert-OH is 2. The van der Waals surface area contributed by atoms with Crippen molar-refractivity contribution in [2.45, 2.75) is 12.6 Å². The largest absolute Gasteiger partial charge is 0.490 e. The molecule has 0 amide bonds. The summed E-state index contributed by atoms with van der Waals surface area (Å²) in [4.78, 5) is 0. The predicted octanol–water partition coefficient (Wildman–Crippen LogP) is -0.117. The van der Waals surface area contributed by atoms with Crippen LogP contribution in [0.3, 0.4) is 0 Å². The Balaban J connectivity index is 2.04. The Hall–Kier alpha value is -1.54. The molecule has 0 aliphatic carbocycles. The lowest BCUT2D eigenvalue weighted by Crippen LogP contribution is -2.23. The average molecular weight is 299 g/mol. The highest BCUT2D eigenvalue weighted by Crippen LogP contribution is 2.38. The van der Waals surface area contributed by atoms with Crippen LogP contribution in [0.5, 0.6) is 17.2 Å². The van der Waals surface area contributed by atoms with Gasteiger partial charge in [0.25, 0.3) is 0 Å². The van der Waals surface area contributed by atoms with E-state index in [0.29, 0.717) is 36.9 Å². The van der Waals surface area contributed by atoms with Gasteiger partial charge in [0, 0.05) is 31.8 Å². The first-order valence-electron chi connectivity index (χ1n) is 6.78. The summed E-state index contributed by atoms with van der Waals surface area (Å²) in [6.45, 7) is 1.76. The maximum absolute atomic E-state index is 9.39. The van der Waals surface area contributed by atoms with E-state index in [-0.39, 0.29) is 20.0 Å². The molecule has 1 atom stereocenters. The summed E-state index contributed by atoms with van der Waals surface area (Å²) >= 11 is 0. The number of fused-ring (bicyclic) bond motifs is 1. The van der Waals surface area contributed by atoms with Crippen LogP contribution in [0.15, 0.2) is 12.1 Å². The van der Waals surface area contributed by atoms with Crippen molar-refractivity contribution in [3.8, 4) is 17.2 Å². The van der Waals surface area contributed by atoms with Crippen LogP contribution in [0.4, 0.5) is 0 Å². The van der Waals surface area contributed by atoms with Crippen LogP contribution in [0.25, 0.3) is 0 Å². The lowest BCUT2D eigenvalue weighted by Gasteiger charge is -2.15. The molecule has 0 saturated heterocycles. The minimum Gasteiger partial charge on any atom is -0.490 e. The number of hydrogen-bond donors (Lipinski definition) is 3. The lowest BCUT2D eigenvalue weighted by atomic mass is 10.1. The second kappa shape index (κ2) is 8.04. The SMILES string of the molecule is COCCNCc1cc2c(cc1OCC(O)CO)OCO2. The molecular weight excluding hydrogens is 278 g/mol. The van der Waals surface area contributed by atoms with E-state index in [9.17, 15) is 5.11 Å². The Kier molecular flexibility index (Phi) is 6.06. The van der Waals surface area contributed by atoms with Crippen molar-refractivity contribution in [1.82, 2.24) is 5.32 Å². The first-order valence-corrected chi connectivity index (χ1v) is 6.78. The van der Waals surface area contributed by atoms with Gasteiger partial charge in [0.2, 0.25) is 6.79 Å². The lowest BCUT2D eigenvalue weighted by molar-refractivity contribution is 0.0532. The number of aliphatic hydroxyl groups is 2. The Bertz CT molecular complexity index is 453. The Labute approximate surface area is 123 Å². The minimum atomic E-state index is -0.912. The first kappa shape index (κ1) is 15.8. The van der Waals surface area contributed by atoms with Crippen molar-refractivity contribution in [1.29, 1.82) is 0 Å². The van der Waals surface area contributed by atoms with Crippen molar-refractivity contribution < 1.29 is 29.2 Å². The maximum atomic E-state index is 9.39. The molecule has 2 rings (SSSR count). The second-order valence-electron chi connectivity index (χ2n) is 4.63. The van der Waals surface area contributed by atoms with E-state index in [1.54, 1.807) is 13.2 Å². The zero-order valence-electron chi connectivity index (χ0n) is 12.0. The molecule has 21 heavy (non-hydrogen) atoms. The minimum absolute atomic E-state index is 0.0151. The quantitative estimate of drug-likeness (QED) is 0.548. The maximum Gasteiger partial charge on any atom is 0.231 e. The van der Waals surface area contributed by atoms with E-state index < -0.39 is 6.10 Å². The molecule has 0 bridgehead atoms. The fourth-order valence-corrected chi connectivity index (χ4v) is 1.87. The summed E-state index contributed by atoms with van der Waals surface area (Å²) in [6.07, 6.45) is -0.912. The summed E-state index contributed by atoms with van der Waals surface area (Å²) in [5.41, 5.74) is 0.889. The molecule has 118 valence electrons. The van der Waals surface area contributed by atoms with Crippen molar-refractivity contribution in [3.63, 3.8) is 0 Å². The molecule has 1 unspecified atom stereocenters. The molecule has 0 saturated carbocycles. The molecule has 0 spiro atoms. The molecule has 1 aliphatic heterocycles. The molecule has 7 heteroatoms. The van der Waals surface area contributed by atoms with Crippen LogP contribution >= 0.6 is 0 Å². The molecule has 0 fully saturated rings. The number of methoxy groups -OCH3 is 1. The third-order valence-electron chi connectivity index (χ3n) is 3.00. The van der Waals surface area contributed by atoms with E-state index in [4.69, 9.17) is 24.1 Å². The number of rotatable bonds is 9. The highest BCUT2D eigenvalue weighted by Gasteiger charge is 2.18. The van der Waals surface area contributed by atoms with Gasteiger partial charge in [-0.15, -0.1) is 0 Å². The van der Waals surface area contributed by atoms with Gasteiger partial charge >= 0.3 is 0 Å². The van der Waals surface area contributed by atoms with Gasteiger partial charge in [-0.25, -0.2) is 0 Å². The van der Waals surface area contributed by atoms with E-state index in [1.807, 2.05) is 6.07 Å². The normalized spacial score (nSPS) is 14.2. The predicted molar refractivity (Wildman–Crippen MR) is 74.7 cm³/mol. The fraction of sp³-hybridized carbons (Fsp3) is 0.571. The van der Waals surface area contributed by atoms with Gasteiger partial charge < -0.3 is 34.5 Å². The van der Waals surface area contributed by atoms with E-state index in [0.717, 1.165) is 5.56 Å². The van der Waals surface area contributed by atoms with Crippen LogP contribution in [0.1, 0.15) is 5.56 Å². The topological polar surface area (TPSA) is 89.4 Å². The first-order chi connectivity index (χ1) is 10.2. The second-order valence-corrected chi connectivity index (χ2v) is 4.63. The number of hydrogen-bond acceptors (Lipinski definition) is 7. The molecule has 0 radical (unpaired) electrons. The molecule has 1 aliphatic rings. The van der Waals surface area contributed by atoms with Crippen molar-refractivity contribution >= 4 is 0 Å². The number of ether oxygens (including phenoxy) is 4. The van der Waals surface area contributed by atoms with Gasteiger partial charge in [0.1, 0.15) is 18.5 Å². The van der Waals surface area contributed by atoms with E-state index in [1.165, 1.54) is 0 Å². The summed E-state index contributed by atoms with van der Waals surface area (Å²) in [7, 11) is 1.65. The van der Waals surface area contributed by atoms with Crippen LogP contribution in [0, 0.1) is 0 Å². The zero-order valence-corrected chi connectivity index (χ0v) is 12.0. The highest BCUT2D eigenvalue weighted by molar-refractivity contribution is 5.51. The number of nitrogens with one attached hydrogen (secondary N) is 1. The van der Waals surface area contributed by atoms with E-state index in [2.05, 4.69) is 5.32 Å². The smallest absolute Gasteiger partial charge is 0.231 e. The van der Waals surface area contributed by atoms with E-state index >= 15 is 0 Å². The molecule has 1 heterocycles. The zero-order chi connectivity index (χ0) is 15.1. The standard InChI is InChI=1S/C14H21NO6/c1-18-3-2-15-6-10-4-13-14(21-9-20-13)5-12(10)19-8-11(17)7-16/h4-5,11,15-17H,2-3,6-9H2,1H3. The Morgan fingerprint density at radius 3 is 2.81 bits per heavy atom. The van der Waals surface area contributed by atoms with Crippen LogP contribution in [-0.4, -0.2) is 56.6 Å². The van der Waals surface area contributed by atoms with Crippen LogP contribution in [-0.2, 0) is 11.3 Å². The third kappa shape index (κ3) is 4.47. The van der Waals surface area contributed by atoms with Gasteiger partial charge in [-0.05, 0) is 6.07 Å². The Morgan fingerprint density at radius 1 is 1.33 bits per heavy atom. The van der Waals surface area contributed by atoms with Crippen molar-refractivity contribution in [3.05, 3.63) is 17.7 Å². The third-order valence-corrected chi connectivity index (χ3v) is 3.00. The van der Waals surface area contributed by atoms with Crippen molar-refractivity contribution in [2.75, 3.05) is 40.3 Å². The molecular formula is C14H21NO6. The van der Waals surface area contributed by atoms with Gasteiger partial charge in [-0.1, -0.05) is 0 Å². The molecule has 3 N–H and O–H groups in total. The van der Waals surface area contributed by atoms with Crippen LogP contribution in [0.2, 0.25) is 0 Å². The summed E-state index contributed by atoms with van der Waals surface area (Å²) in [6, 6.07) is 3.59. The van der Waals surface area contributed by atoms with Gasteiger partial charge in [-0.2, -0.15) is 0 Å². The average Bonchev–Trinajstić information content (AvgIpc) is 2.95. The molecule has 0 aromatic heterocycles. The summed E-state index contributed by atoms with van der Waals surface area (Å²) < 4.78 is 21.2. The van der Waals surface area contributed by atoms with Crippen molar-refractivity contribution in [2.24, 2.45) is 0 Å². The molecule has 1 aromatic carbocycles. The fourth-order valence-electron chi connectivity index (χ4n) is 1.87. The molecule has 7 nitrogen and oxygen atoms in total. The monoisotopic (exact) mass is 299 g/mol. The Morgan fingerprint density at radius 2 is 2.10 bits per heavy atom. The van der Waals surface area contributed by atoms with Crippen LogP contribution < -0.4 is 19.5 Å². The van der Waals surface area contributed by atoms with Gasteiger partial charge in [0.15, 0.2) is 11.5 Å².